The van der Waals surface area contributed by atoms with Crippen LogP contribution in [-0.2, 0) is 4.79 Å². The number of phenols is 1. The molecule has 8 nitrogen and oxygen atoms in total. The second-order valence-electron chi connectivity index (χ2n) is 10.5. The number of carbonyl (C=O) groups is 2. The molecular weight excluding hydrogens is 490 g/mol. The molecule has 0 unspecified atom stereocenters. The number of fused-ring (bicyclic) bond motifs is 1. The molecular formula is C31H33N5O3. The molecule has 2 aliphatic rings. The lowest BCUT2D eigenvalue weighted by Crippen LogP contribution is -2.53. The van der Waals surface area contributed by atoms with E-state index in [2.05, 4.69) is 14.9 Å². The predicted molar refractivity (Wildman–Crippen MR) is 151 cm³/mol. The molecule has 200 valence electrons. The number of H-pyrrole nitrogens is 1. The Balaban J connectivity index is 1.02. The summed E-state index contributed by atoms with van der Waals surface area (Å²) in [7, 11) is 0. The fraction of sp³-hybridized carbons (Fsp3) is 0.323. The average molecular weight is 524 g/mol. The highest BCUT2D eigenvalue weighted by Gasteiger charge is 2.28. The summed E-state index contributed by atoms with van der Waals surface area (Å²) < 4.78 is 0. The molecule has 2 aromatic heterocycles. The number of piperidine rings is 1. The largest absolute Gasteiger partial charge is 0.507 e. The van der Waals surface area contributed by atoms with E-state index in [0.717, 1.165) is 53.7 Å². The standard InChI is InChI=1S/C31H33N5O3/c37-29(35-15-17-36(18-16-35)31(39)23-5-2-1-3-6-23)21-34-13-10-22(11-14-34)25-7-4-8-26(30(25)38)27-19-24-9-12-32-20-28(24)33-27/h1-9,12,19-20,22,33,38H,10-11,13-18,21H2. The fourth-order valence-electron chi connectivity index (χ4n) is 5.84. The van der Waals surface area contributed by atoms with Crippen molar-refractivity contribution in [2.24, 2.45) is 0 Å². The van der Waals surface area contributed by atoms with Crippen LogP contribution in [0.15, 0.2) is 73.1 Å². The maximum Gasteiger partial charge on any atom is 0.253 e. The van der Waals surface area contributed by atoms with Crippen molar-refractivity contribution in [3.8, 4) is 17.0 Å². The molecule has 2 saturated heterocycles. The van der Waals surface area contributed by atoms with Gasteiger partial charge in [0, 0.05) is 48.9 Å². The summed E-state index contributed by atoms with van der Waals surface area (Å²) in [6.07, 6.45) is 5.34. The summed E-state index contributed by atoms with van der Waals surface area (Å²) in [5, 5.41) is 12.3. The first-order valence-corrected chi connectivity index (χ1v) is 13.7. The number of nitrogens with zero attached hydrogens (tertiary/aromatic N) is 4. The Kier molecular flexibility index (Phi) is 7.02. The monoisotopic (exact) mass is 523 g/mol. The van der Waals surface area contributed by atoms with Crippen LogP contribution >= 0.6 is 0 Å². The van der Waals surface area contributed by atoms with Crippen molar-refractivity contribution in [2.45, 2.75) is 18.8 Å². The molecule has 4 heterocycles. The molecule has 8 heteroatoms. The van der Waals surface area contributed by atoms with Gasteiger partial charge in [0.1, 0.15) is 5.75 Å². The molecule has 2 amide bonds. The van der Waals surface area contributed by atoms with Crippen LogP contribution in [0, 0.1) is 0 Å². The number of aromatic nitrogens is 2. The third-order valence-electron chi connectivity index (χ3n) is 8.11. The van der Waals surface area contributed by atoms with Crippen molar-refractivity contribution in [3.05, 3.63) is 84.2 Å². The smallest absolute Gasteiger partial charge is 0.253 e. The van der Waals surface area contributed by atoms with Crippen molar-refractivity contribution in [1.29, 1.82) is 0 Å². The number of hydrogen-bond donors (Lipinski definition) is 2. The lowest BCUT2D eigenvalue weighted by Gasteiger charge is -2.37. The van der Waals surface area contributed by atoms with E-state index in [-0.39, 0.29) is 17.7 Å². The van der Waals surface area contributed by atoms with Gasteiger partial charge >= 0.3 is 0 Å². The summed E-state index contributed by atoms with van der Waals surface area (Å²) >= 11 is 0. The Hall–Kier alpha value is -4.17. The predicted octanol–water partition coefficient (Wildman–Crippen LogP) is 4.10. The second-order valence-corrected chi connectivity index (χ2v) is 10.5. The van der Waals surface area contributed by atoms with Gasteiger partial charge in [0.05, 0.1) is 24.0 Å². The first-order chi connectivity index (χ1) is 19.1. The van der Waals surface area contributed by atoms with Crippen molar-refractivity contribution < 1.29 is 14.7 Å². The summed E-state index contributed by atoms with van der Waals surface area (Å²) in [6, 6.07) is 19.3. The van der Waals surface area contributed by atoms with E-state index >= 15 is 0 Å². The van der Waals surface area contributed by atoms with Crippen LogP contribution < -0.4 is 0 Å². The Morgan fingerprint density at radius 1 is 0.897 bits per heavy atom. The Morgan fingerprint density at radius 3 is 2.38 bits per heavy atom. The molecule has 4 aromatic rings. The van der Waals surface area contributed by atoms with Crippen LogP contribution in [0.4, 0.5) is 0 Å². The molecule has 0 aliphatic carbocycles. The minimum absolute atomic E-state index is 0.0265. The maximum atomic E-state index is 13.0. The summed E-state index contributed by atoms with van der Waals surface area (Å²) in [4.78, 5) is 39.2. The number of piperazine rings is 1. The molecule has 2 aromatic carbocycles. The number of rotatable bonds is 5. The molecule has 0 bridgehead atoms. The number of aromatic amines is 1. The molecule has 39 heavy (non-hydrogen) atoms. The van der Waals surface area contributed by atoms with Crippen LogP contribution in [0.1, 0.15) is 34.7 Å². The van der Waals surface area contributed by atoms with E-state index in [1.165, 1.54) is 0 Å². The van der Waals surface area contributed by atoms with Crippen LogP contribution in [-0.4, -0.2) is 87.4 Å². The maximum absolute atomic E-state index is 13.0. The van der Waals surface area contributed by atoms with E-state index in [0.29, 0.717) is 44.0 Å². The van der Waals surface area contributed by atoms with Gasteiger partial charge in [-0.3, -0.25) is 19.5 Å². The van der Waals surface area contributed by atoms with Gasteiger partial charge in [-0.1, -0.05) is 30.3 Å². The highest BCUT2D eigenvalue weighted by Crippen LogP contribution is 2.40. The molecule has 2 aliphatic heterocycles. The zero-order valence-corrected chi connectivity index (χ0v) is 21.9. The van der Waals surface area contributed by atoms with Crippen molar-refractivity contribution in [2.75, 3.05) is 45.8 Å². The SMILES string of the molecule is O=C(CN1CCC(c2cccc(-c3cc4ccncc4[nH]3)c2O)CC1)N1CCN(C(=O)c2ccccc2)CC1. The molecule has 6 rings (SSSR count). The van der Waals surface area contributed by atoms with Gasteiger partial charge in [-0.25, -0.2) is 0 Å². The minimum atomic E-state index is 0.0265. The van der Waals surface area contributed by atoms with Crippen LogP contribution in [0.3, 0.4) is 0 Å². The number of nitrogens with one attached hydrogen (secondary N) is 1. The number of benzene rings is 2. The summed E-state index contributed by atoms with van der Waals surface area (Å²) in [6.45, 7) is 4.27. The lowest BCUT2D eigenvalue weighted by molar-refractivity contribution is -0.134. The summed E-state index contributed by atoms with van der Waals surface area (Å²) in [5.74, 6) is 0.724. The zero-order chi connectivity index (χ0) is 26.8. The van der Waals surface area contributed by atoms with Gasteiger partial charge in [0.15, 0.2) is 0 Å². The van der Waals surface area contributed by atoms with Crippen LogP contribution in [0.5, 0.6) is 5.75 Å². The number of carbonyl (C=O) groups excluding carboxylic acids is 2. The minimum Gasteiger partial charge on any atom is -0.507 e. The van der Waals surface area contributed by atoms with Gasteiger partial charge in [-0.2, -0.15) is 0 Å². The van der Waals surface area contributed by atoms with Crippen LogP contribution in [0.2, 0.25) is 0 Å². The van der Waals surface area contributed by atoms with Gasteiger partial charge in [0.2, 0.25) is 5.91 Å². The molecule has 0 saturated carbocycles. The van der Waals surface area contributed by atoms with Gasteiger partial charge in [-0.05, 0) is 67.7 Å². The number of phenolic OH excluding ortho intramolecular Hbond substituents is 1. The fourth-order valence-corrected chi connectivity index (χ4v) is 5.84. The lowest BCUT2D eigenvalue weighted by atomic mass is 9.87. The molecule has 0 radical (unpaired) electrons. The topological polar surface area (TPSA) is 92.8 Å². The number of aromatic hydroxyl groups is 1. The van der Waals surface area contributed by atoms with E-state index in [9.17, 15) is 14.7 Å². The number of pyridine rings is 1. The number of hydrogen-bond acceptors (Lipinski definition) is 5. The third kappa shape index (κ3) is 5.25. The second kappa shape index (κ2) is 10.9. The highest BCUT2D eigenvalue weighted by molar-refractivity contribution is 5.94. The number of amides is 2. The molecule has 2 N–H and O–H groups in total. The number of para-hydroxylation sites is 1. The Bertz CT molecular complexity index is 1440. The van der Waals surface area contributed by atoms with Crippen molar-refractivity contribution in [1.82, 2.24) is 24.7 Å². The number of likely N-dealkylation sites (tertiary alicyclic amines) is 1. The van der Waals surface area contributed by atoms with E-state index in [1.807, 2.05) is 70.5 Å². The molecule has 0 spiro atoms. The summed E-state index contributed by atoms with van der Waals surface area (Å²) in [5.41, 5.74) is 4.28. The van der Waals surface area contributed by atoms with E-state index in [4.69, 9.17) is 0 Å². The van der Waals surface area contributed by atoms with E-state index < -0.39 is 0 Å². The van der Waals surface area contributed by atoms with Crippen molar-refractivity contribution in [3.63, 3.8) is 0 Å². The van der Waals surface area contributed by atoms with Gasteiger partial charge in [-0.15, -0.1) is 0 Å². The molecule has 0 atom stereocenters. The normalized spacial score (nSPS) is 17.0. The average Bonchev–Trinajstić information content (AvgIpc) is 3.42. The van der Waals surface area contributed by atoms with Crippen LogP contribution in [0.25, 0.3) is 22.2 Å². The quantitative estimate of drug-likeness (QED) is 0.411. The highest BCUT2D eigenvalue weighted by atomic mass is 16.3. The van der Waals surface area contributed by atoms with Crippen molar-refractivity contribution >= 4 is 22.7 Å². The Morgan fingerprint density at radius 2 is 1.64 bits per heavy atom. The molecule has 2 fully saturated rings. The third-order valence-corrected chi connectivity index (χ3v) is 8.11. The zero-order valence-electron chi connectivity index (χ0n) is 21.9. The first kappa shape index (κ1) is 25.1. The van der Waals surface area contributed by atoms with E-state index in [1.54, 1.807) is 12.4 Å². The first-order valence-electron chi connectivity index (χ1n) is 13.7. The van der Waals surface area contributed by atoms with Gasteiger partial charge in [0.25, 0.3) is 5.91 Å². The van der Waals surface area contributed by atoms with Gasteiger partial charge < -0.3 is 19.9 Å². The Labute approximate surface area is 227 Å².